The largest absolute Gasteiger partial charge is 0.376 e. The van der Waals surface area contributed by atoms with Crippen LogP contribution in [0.4, 0.5) is 10.1 Å². The van der Waals surface area contributed by atoms with E-state index in [2.05, 4.69) is 30.1 Å². The van der Waals surface area contributed by atoms with E-state index in [0.29, 0.717) is 44.8 Å². The number of nitrogens with zero attached hydrogens (tertiary/aromatic N) is 6. The van der Waals surface area contributed by atoms with Gasteiger partial charge in [-0.05, 0) is 36.4 Å². The Morgan fingerprint density at radius 2 is 1.76 bits per heavy atom. The van der Waals surface area contributed by atoms with Crippen LogP contribution in [0.25, 0.3) is 55.8 Å². The van der Waals surface area contributed by atoms with Crippen LogP contribution >= 0.6 is 0 Å². The summed E-state index contributed by atoms with van der Waals surface area (Å²) in [6.45, 7) is 0. The molecule has 0 radical (unpaired) electrons. The number of fused-ring (bicyclic) bond motifs is 2. The quantitative estimate of drug-likeness (QED) is 0.399. The Balaban J connectivity index is 1.52. The monoisotopic (exact) mass is 450 g/mol. The smallest absolute Gasteiger partial charge is 0.159 e. The fourth-order valence-corrected chi connectivity index (χ4v) is 4.05. The van der Waals surface area contributed by atoms with E-state index in [4.69, 9.17) is 4.98 Å². The summed E-state index contributed by atoms with van der Waals surface area (Å²) in [7, 11) is 3.84. The fraction of sp³-hybridized carbons (Fsp3) is 0.0800. The Morgan fingerprint density at radius 3 is 2.59 bits per heavy atom. The molecule has 0 bridgehead atoms. The average molecular weight is 450 g/mol. The minimum Gasteiger partial charge on any atom is -0.376 e. The molecule has 0 unspecified atom stereocenters. The van der Waals surface area contributed by atoms with E-state index in [9.17, 15) is 0 Å². The van der Waals surface area contributed by atoms with Gasteiger partial charge in [0.1, 0.15) is 17.0 Å². The Hall–Kier alpha value is -4.66. The number of nitrogens with one attached hydrogen (secondary N) is 2. The molecular weight excluding hydrogens is 431 g/mol. The SMILES string of the molecule is CN(C)c1cncc(-c2ccc3[nH]nc(-c4nc5c(-c6cccnc6)nccc5[nH]4)c3c2F)c1. The minimum atomic E-state index is -0.384. The molecule has 0 saturated heterocycles. The van der Waals surface area contributed by atoms with Gasteiger partial charge in [0.15, 0.2) is 5.82 Å². The number of hydrogen-bond acceptors (Lipinski definition) is 6. The number of rotatable bonds is 4. The van der Waals surface area contributed by atoms with E-state index in [1.807, 2.05) is 49.3 Å². The second-order valence-corrected chi connectivity index (χ2v) is 8.13. The zero-order valence-corrected chi connectivity index (χ0v) is 18.4. The van der Waals surface area contributed by atoms with Crippen LogP contribution < -0.4 is 4.90 Å². The summed E-state index contributed by atoms with van der Waals surface area (Å²) in [6.07, 6.45) is 8.55. The summed E-state index contributed by atoms with van der Waals surface area (Å²) in [5.74, 6) is 0.0700. The molecule has 8 nitrogen and oxygen atoms in total. The van der Waals surface area contributed by atoms with Crippen LogP contribution in [-0.2, 0) is 0 Å². The van der Waals surface area contributed by atoms with Crippen molar-refractivity contribution in [2.45, 2.75) is 0 Å². The molecule has 6 rings (SSSR count). The van der Waals surface area contributed by atoms with Crippen molar-refractivity contribution in [3.8, 4) is 33.9 Å². The molecule has 5 heterocycles. The van der Waals surface area contributed by atoms with E-state index in [1.165, 1.54) is 0 Å². The summed E-state index contributed by atoms with van der Waals surface area (Å²) < 4.78 is 15.9. The highest BCUT2D eigenvalue weighted by Crippen LogP contribution is 2.35. The molecule has 0 amide bonds. The molecule has 34 heavy (non-hydrogen) atoms. The minimum absolute atomic E-state index is 0.364. The van der Waals surface area contributed by atoms with Crippen LogP contribution in [0.3, 0.4) is 0 Å². The first-order valence-electron chi connectivity index (χ1n) is 10.6. The number of halogens is 1. The molecule has 0 spiro atoms. The predicted molar refractivity (Wildman–Crippen MR) is 130 cm³/mol. The Bertz CT molecular complexity index is 1650. The van der Waals surface area contributed by atoms with Gasteiger partial charge in [-0.2, -0.15) is 5.10 Å². The molecule has 6 aromatic rings. The van der Waals surface area contributed by atoms with Gasteiger partial charge in [-0.15, -0.1) is 0 Å². The first-order chi connectivity index (χ1) is 16.6. The molecule has 0 aliphatic rings. The van der Waals surface area contributed by atoms with Gasteiger partial charge in [0.25, 0.3) is 0 Å². The van der Waals surface area contributed by atoms with Crippen molar-refractivity contribution in [3.63, 3.8) is 0 Å². The third kappa shape index (κ3) is 3.17. The fourth-order valence-electron chi connectivity index (χ4n) is 4.05. The number of aromatic amines is 2. The van der Waals surface area contributed by atoms with Crippen LogP contribution in [0.2, 0.25) is 0 Å². The van der Waals surface area contributed by atoms with E-state index in [1.54, 1.807) is 37.1 Å². The first kappa shape index (κ1) is 20.0. The number of benzene rings is 1. The zero-order chi connectivity index (χ0) is 23.2. The van der Waals surface area contributed by atoms with Gasteiger partial charge in [-0.25, -0.2) is 9.37 Å². The Kier molecular flexibility index (Phi) is 4.54. The summed E-state index contributed by atoms with van der Waals surface area (Å²) in [6, 6.07) is 11.1. The molecule has 0 saturated carbocycles. The summed E-state index contributed by atoms with van der Waals surface area (Å²) in [5.41, 5.74) is 5.99. The maximum atomic E-state index is 15.9. The van der Waals surface area contributed by atoms with Gasteiger partial charge in [-0.3, -0.25) is 20.1 Å². The Labute approximate surface area is 193 Å². The highest BCUT2D eigenvalue weighted by molar-refractivity contribution is 5.98. The first-order valence-corrected chi connectivity index (χ1v) is 10.6. The van der Waals surface area contributed by atoms with Crippen LogP contribution in [0, 0.1) is 5.82 Å². The summed E-state index contributed by atoms with van der Waals surface area (Å²) in [5, 5.41) is 7.68. The maximum absolute atomic E-state index is 15.9. The highest BCUT2D eigenvalue weighted by atomic mass is 19.1. The topological polar surface area (TPSA) is 99.3 Å². The van der Waals surface area contributed by atoms with Crippen molar-refractivity contribution in [2.75, 3.05) is 19.0 Å². The lowest BCUT2D eigenvalue weighted by Gasteiger charge is -2.13. The lowest BCUT2D eigenvalue weighted by atomic mass is 10.0. The van der Waals surface area contributed by atoms with E-state index in [0.717, 1.165) is 16.8 Å². The molecule has 2 N–H and O–H groups in total. The van der Waals surface area contributed by atoms with Crippen molar-refractivity contribution >= 4 is 27.6 Å². The van der Waals surface area contributed by atoms with Gasteiger partial charge in [0.2, 0.25) is 0 Å². The molecule has 9 heteroatoms. The molecule has 0 atom stereocenters. The highest BCUT2D eigenvalue weighted by Gasteiger charge is 2.20. The number of aromatic nitrogens is 7. The van der Waals surface area contributed by atoms with Gasteiger partial charge in [0, 0.05) is 55.6 Å². The summed E-state index contributed by atoms with van der Waals surface area (Å²) >= 11 is 0. The molecular formula is C25H19FN8. The van der Waals surface area contributed by atoms with Crippen molar-refractivity contribution in [1.82, 2.24) is 35.1 Å². The molecule has 1 aromatic carbocycles. The lowest BCUT2D eigenvalue weighted by molar-refractivity contribution is 0.643. The van der Waals surface area contributed by atoms with Gasteiger partial charge in [0.05, 0.1) is 34.0 Å². The van der Waals surface area contributed by atoms with Crippen LogP contribution in [-0.4, -0.2) is 49.2 Å². The zero-order valence-electron chi connectivity index (χ0n) is 18.4. The van der Waals surface area contributed by atoms with Crippen LogP contribution in [0.15, 0.2) is 67.4 Å². The van der Waals surface area contributed by atoms with Gasteiger partial charge < -0.3 is 9.88 Å². The van der Waals surface area contributed by atoms with Crippen molar-refractivity contribution in [1.29, 1.82) is 0 Å². The van der Waals surface area contributed by atoms with Gasteiger partial charge in [-0.1, -0.05) is 0 Å². The Morgan fingerprint density at radius 1 is 0.882 bits per heavy atom. The molecule has 0 aliphatic heterocycles. The number of anilines is 1. The van der Waals surface area contributed by atoms with Gasteiger partial charge >= 0.3 is 0 Å². The number of imidazole rings is 1. The molecule has 0 aliphatic carbocycles. The van der Waals surface area contributed by atoms with E-state index < -0.39 is 0 Å². The third-order valence-electron chi connectivity index (χ3n) is 5.78. The third-order valence-corrected chi connectivity index (χ3v) is 5.78. The average Bonchev–Trinajstić information content (AvgIpc) is 3.49. The number of pyridine rings is 3. The standard InChI is InChI=1S/C25H19FN8/c1-34(2)16-10-15(12-28-13-16)17-5-6-18-20(21(17)26)24(33-32-18)25-30-19-7-9-29-22(23(19)31-25)14-4-3-8-27-11-14/h3-13H,1-2H3,(H,30,31)(H,32,33). The second-order valence-electron chi connectivity index (χ2n) is 8.13. The lowest BCUT2D eigenvalue weighted by Crippen LogP contribution is -2.08. The molecule has 5 aromatic heterocycles. The second kappa shape index (κ2) is 7.73. The normalized spacial score (nSPS) is 11.4. The van der Waals surface area contributed by atoms with E-state index in [-0.39, 0.29) is 5.82 Å². The van der Waals surface area contributed by atoms with Crippen molar-refractivity contribution in [3.05, 3.63) is 73.2 Å². The number of H-pyrrole nitrogens is 2. The van der Waals surface area contributed by atoms with Crippen LogP contribution in [0.1, 0.15) is 0 Å². The maximum Gasteiger partial charge on any atom is 0.159 e. The molecule has 0 fully saturated rings. The van der Waals surface area contributed by atoms with Crippen molar-refractivity contribution < 1.29 is 4.39 Å². The number of hydrogen-bond donors (Lipinski definition) is 2. The van der Waals surface area contributed by atoms with Crippen molar-refractivity contribution in [2.24, 2.45) is 0 Å². The van der Waals surface area contributed by atoms with E-state index >= 15 is 4.39 Å². The molecule has 166 valence electrons. The summed E-state index contributed by atoms with van der Waals surface area (Å²) in [4.78, 5) is 22.9. The predicted octanol–water partition coefficient (Wildman–Crippen LogP) is 4.83. The van der Waals surface area contributed by atoms with Crippen LogP contribution in [0.5, 0.6) is 0 Å².